The molecule has 0 bridgehead atoms. The molecule has 1 aliphatic rings. The summed E-state index contributed by atoms with van der Waals surface area (Å²) in [6.07, 6.45) is -3.10. The Labute approximate surface area is 193 Å². The zero-order chi connectivity index (χ0) is 21.5. The zero-order valence-corrected chi connectivity index (χ0v) is 20.4. The molecule has 0 aromatic heterocycles. The van der Waals surface area contributed by atoms with Crippen molar-refractivity contribution in [1.29, 1.82) is 0 Å². The molecule has 2 N–H and O–H groups in total. The molecule has 0 amide bonds. The number of benzene rings is 1. The van der Waals surface area contributed by atoms with Crippen LogP contribution in [-0.4, -0.2) is 57.2 Å². The van der Waals surface area contributed by atoms with Crippen LogP contribution in [0.3, 0.4) is 0 Å². The molecule has 1 aromatic rings. The van der Waals surface area contributed by atoms with Gasteiger partial charge in [0.2, 0.25) is 10.0 Å². The summed E-state index contributed by atoms with van der Waals surface area (Å²) in [4.78, 5) is 4.45. The van der Waals surface area contributed by atoms with Gasteiger partial charge in [-0.3, -0.25) is 4.99 Å². The maximum Gasteiger partial charge on any atom is 0.416 e. The van der Waals surface area contributed by atoms with Gasteiger partial charge in [0.15, 0.2) is 5.96 Å². The van der Waals surface area contributed by atoms with E-state index in [2.05, 4.69) is 15.6 Å². The molecule has 1 atom stereocenters. The molecule has 2 rings (SSSR count). The number of aliphatic imine (C=N–C) groups is 1. The van der Waals surface area contributed by atoms with Gasteiger partial charge in [0.1, 0.15) is 0 Å². The summed E-state index contributed by atoms with van der Waals surface area (Å²) in [6, 6.07) is 5.38. The van der Waals surface area contributed by atoms with Crippen molar-refractivity contribution in [3.05, 3.63) is 35.4 Å². The number of nitrogens with one attached hydrogen (secondary N) is 2. The van der Waals surface area contributed by atoms with Gasteiger partial charge in [-0.15, -0.1) is 24.0 Å². The number of nitrogens with zero attached hydrogens (tertiary/aromatic N) is 2. The van der Waals surface area contributed by atoms with Crippen LogP contribution in [0.15, 0.2) is 29.3 Å². The lowest BCUT2D eigenvalue weighted by Crippen LogP contribution is -2.42. The summed E-state index contributed by atoms with van der Waals surface area (Å²) in [5.41, 5.74) is -0.00977. The van der Waals surface area contributed by atoms with Gasteiger partial charge in [-0.2, -0.15) is 13.2 Å². The Morgan fingerprint density at radius 1 is 1.30 bits per heavy atom. The molecule has 30 heavy (non-hydrogen) atoms. The molecule has 1 aliphatic heterocycles. The third-order valence-electron chi connectivity index (χ3n) is 4.82. The summed E-state index contributed by atoms with van der Waals surface area (Å²) in [6.45, 7) is 6.26. The van der Waals surface area contributed by atoms with Crippen molar-refractivity contribution in [2.75, 3.05) is 38.5 Å². The van der Waals surface area contributed by atoms with Gasteiger partial charge < -0.3 is 10.6 Å². The fourth-order valence-corrected chi connectivity index (χ4v) is 4.67. The van der Waals surface area contributed by atoms with Crippen LogP contribution in [0.2, 0.25) is 0 Å². The first-order valence-electron chi connectivity index (χ1n) is 9.80. The van der Waals surface area contributed by atoms with Gasteiger partial charge in [-0.05, 0) is 37.3 Å². The molecule has 1 unspecified atom stereocenters. The summed E-state index contributed by atoms with van der Waals surface area (Å²) in [7, 11) is -3.12. The number of rotatable bonds is 8. The molecule has 0 spiro atoms. The van der Waals surface area contributed by atoms with Crippen molar-refractivity contribution in [3.8, 4) is 0 Å². The van der Waals surface area contributed by atoms with Crippen LogP contribution in [-0.2, 0) is 16.2 Å². The monoisotopic (exact) mass is 562 g/mol. The Morgan fingerprint density at radius 3 is 2.63 bits per heavy atom. The van der Waals surface area contributed by atoms with Gasteiger partial charge >= 0.3 is 6.18 Å². The Bertz CT molecular complexity index is 803. The Hall–Kier alpha value is -1.08. The van der Waals surface area contributed by atoms with Crippen molar-refractivity contribution in [3.63, 3.8) is 0 Å². The predicted octanol–water partition coefficient (Wildman–Crippen LogP) is 3.41. The van der Waals surface area contributed by atoms with Crippen molar-refractivity contribution in [1.82, 2.24) is 14.9 Å². The summed E-state index contributed by atoms with van der Waals surface area (Å²) in [5.74, 6) is 0.702. The lowest BCUT2D eigenvalue weighted by atomic mass is 9.96. The van der Waals surface area contributed by atoms with E-state index in [0.717, 1.165) is 6.07 Å². The molecule has 6 nitrogen and oxygen atoms in total. The number of sulfonamides is 1. The minimum absolute atomic E-state index is 0. The van der Waals surface area contributed by atoms with Crippen molar-refractivity contribution in [2.24, 2.45) is 4.99 Å². The SMILES string of the molecule is CCNC(=NCCC(C)c1cccc(C(F)(F)F)c1)NCCN1CCCS1(=O)=O.I. The zero-order valence-electron chi connectivity index (χ0n) is 17.2. The van der Waals surface area contributed by atoms with Gasteiger partial charge in [0, 0.05) is 32.7 Å². The second-order valence-electron chi connectivity index (χ2n) is 7.07. The highest BCUT2D eigenvalue weighted by Crippen LogP contribution is 2.31. The topological polar surface area (TPSA) is 73.8 Å². The van der Waals surface area contributed by atoms with E-state index in [1.165, 1.54) is 16.4 Å². The highest BCUT2D eigenvalue weighted by Gasteiger charge is 2.30. The molecule has 0 aliphatic carbocycles. The summed E-state index contributed by atoms with van der Waals surface area (Å²) < 4.78 is 63.7. The quantitative estimate of drug-likeness (QED) is 0.290. The summed E-state index contributed by atoms with van der Waals surface area (Å²) in [5, 5.41) is 6.21. The number of guanidine groups is 1. The lowest BCUT2D eigenvalue weighted by molar-refractivity contribution is -0.137. The van der Waals surface area contributed by atoms with E-state index >= 15 is 0 Å². The normalized spacial score (nSPS) is 18.0. The first kappa shape index (κ1) is 27.0. The number of alkyl halides is 3. The third-order valence-corrected chi connectivity index (χ3v) is 6.77. The summed E-state index contributed by atoms with van der Waals surface area (Å²) >= 11 is 0. The molecule has 1 saturated heterocycles. The van der Waals surface area contributed by atoms with Crippen LogP contribution in [0.25, 0.3) is 0 Å². The minimum atomic E-state index is -4.35. The molecule has 1 heterocycles. The van der Waals surface area contributed by atoms with Crippen LogP contribution < -0.4 is 10.6 Å². The van der Waals surface area contributed by atoms with E-state index in [1.807, 2.05) is 13.8 Å². The maximum atomic E-state index is 12.9. The molecule has 11 heteroatoms. The van der Waals surface area contributed by atoms with E-state index in [4.69, 9.17) is 0 Å². The van der Waals surface area contributed by atoms with Crippen molar-refractivity contribution >= 4 is 40.0 Å². The van der Waals surface area contributed by atoms with Crippen LogP contribution in [0.1, 0.15) is 43.7 Å². The van der Waals surface area contributed by atoms with Crippen LogP contribution in [0.4, 0.5) is 13.2 Å². The maximum absolute atomic E-state index is 12.9. The van der Waals surface area contributed by atoms with Gasteiger partial charge in [0.05, 0.1) is 11.3 Å². The first-order chi connectivity index (χ1) is 13.6. The van der Waals surface area contributed by atoms with Gasteiger partial charge in [-0.1, -0.05) is 25.1 Å². The second-order valence-corrected chi connectivity index (χ2v) is 9.16. The fourth-order valence-electron chi connectivity index (χ4n) is 3.14. The van der Waals surface area contributed by atoms with E-state index in [9.17, 15) is 21.6 Å². The average molecular weight is 562 g/mol. The lowest BCUT2D eigenvalue weighted by Gasteiger charge is -2.17. The largest absolute Gasteiger partial charge is 0.416 e. The molecule has 0 radical (unpaired) electrons. The average Bonchev–Trinajstić information content (AvgIpc) is 2.99. The number of hydrogen-bond donors (Lipinski definition) is 2. The van der Waals surface area contributed by atoms with Crippen molar-refractivity contribution in [2.45, 2.75) is 38.8 Å². The highest BCUT2D eigenvalue weighted by molar-refractivity contribution is 14.0. The van der Waals surface area contributed by atoms with Gasteiger partial charge in [-0.25, -0.2) is 12.7 Å². The molecule has 172 valence electrons. The molecule has 0 saturated carbocycles. The number of hydrogen-bond acceptors (Lipinski definition) is 3. The molecule has 1 aromatic carbocycles. The van der Waals surface area contributed by atoms with Crippen LogP contribution in [0, 0.1) is 0 Å². The van der Waals surface area contributed by atoms with E-state index in [-0.39, 0.29) is 35.6 Å². The Kier molecular flexibility index (Phi) is 10.9. The molecule has 1 fully saturated rings. The van der Waals surface area contributed by atoms with E-state index < -0.39 is 21.8 Å². The van der Waals surface area contributed by atoms with Crippen LogP contribution >= 0.6 is 24.0 Å². The Balaban J connectivity index is 0.00000450. The van der Waals surface area contributed by atoms with E-state index in [0.29, 0.717) is 57.1 Å². The third kappa shape index (κ3) is 8.22. The highest BCUT2D eigenvalue weighted by atomic mass is 127. The Morgan fingerprint density at radius 2 is 2.03 bits per heavy atom. The first-order valence-corrected chi connectivity index (χ1v) is 11.4. The van der Waals surface area contributed by atoms with Crippen molar-refractivity contribution < 1.29 is 21.6 Å². The second kappa shape index (κ2) is 12.1. The van der Waals surface area contributed by atoms with Crippen LogP contribution in [0.5, 0.6) is 0 Å². The minimum Gasteiger partial charge on any atom is -0.357 e. The molecular formula is C19H30F3IN4O2S. The standard InChI is InChI=1S/C19H29F3N4O2S.HI/c1-3-23-18(25-10-12-26-11-5-13-29(26,27)28)24-9-8-15(2)16-6-4-7-17(14-16)19(20,21)22;/h4,6-7,14-15H,3,5,8-13H2,1-2H3,(H2,23,24,25);1H. The number of halogens is 4. The van der Waals surface area contributed by atoms with Gasteiger partial charge in [0.25, 0.3) is 0 Å². The smallest absolute Gasteiger partial charge is 0.357 e. The fraction of sp³-hybridized carbons (Fsp3) is 0.632. The van der Waals surface area contributed by atoms with E-state index in [1.54, 1.807) is 6.07 Å². The predicted molar refractivity (Wildman–Crippen MR) is 124 cm³/mol. The molecular weight excluding hydrogens is 532 g/mol.